The standard InChI is InChI=1S/C27H26N2O3S/c1-20-11-13-22(14-12-20)26(27(31)28-18-21-7-3-2-4-8-21)29(19-23-9-5-15-32-23)25(30)17-24-10-6-16-33-24/h2-16,26H,17-19H2,1H3,(H,28,31)/t26-/m0/s1. The van der Waals surface area contributed by atoms with Gasteiger partial charge in [0, 0.05) is 11.4 Å². The molecule has 1 N–H and O–H groups in total. The van der Waals surface area contributed by atoms with Gasteiger partial charge >= 0.3 is 0 Å². The summed E-state index contributed by atoms with van der Waals surface area (Å²) in [5.41, 5.74) is 2.85. The van der Waals surface area contributed by atoms with Gasteiger partial charge in [-0.1, -0.05) is 66.2 Å². The minimum absolute atomic E-state index is 0.130. The van der Waals surface area contributed by atoms with Crippen LogP contribution in [0.4, 0.5) is 0 Å². The lowest BCUT2D eigenvalue weighted by atomic mass is 10.0. The van der Waals surface area contributed by atoms with Crippen LogP contribution in [0.2, 0.25) is 0 Å². The van der Waals surface area contributed by atoms with E-state index in [0.29, 0.717) is 12.3 Å². The van der Waals surface area contributed by atoms with E-state index < -0.39 is 6.04 Å². The molecule has 0 aliphatic heterocycles. The van der Waals surface area contributed by atoms with Crippen molar-refractivity contribution in [2.24, 2.45) is 0 Å². The molecule has 0 bridgehead atoms. The molecule has 6 heteroatoms. The topological polar surface area (TPSA) is 62.6 Å². The highest BCUT2D eigenvalue weighted by Gasteiger charge is 2.32. The largest absolute Gasteiger partial charge is 0.467 e. The zero-order valence-electron chi connectivity index (χ0n) is 18.4. The zero-order chi connectivity index (χ0) is 23.0. The lowest BCUT2D eigenvalue weighted by molar-refractivity contribution is -0.141. The second-order valence-electron chi connectivity index (χ2n) is 7.87. The van der Waals surface area contributed by atoms with Crippen LogP contribution in [-0.2, 0) is 29.1 Å². The van der Waals surface area contributed by atoms with Crippen LogP contribution in [0.3, 0.4) is 0 Å². The van der Waals surface area contributed by atoms with Gasteiger partial charge in [0.1, 0.15) is 11.8 Å². The number of carbonyl (C=O) groups is 2. The molecule has 1 atom stereocenters. The van der Waals surface area contributed by atoms with Crippen molar-refractivity contribution in [1.29, 1.82) is 0 Å². The quantitative estimate of drug-likeness (QED) is 0.371. The van der Waals surface area contributed by atoms with Gasteiger partial charge < -0.3 is 14.6 Å². The van der Waals surface area contributed by atoms with Crippen LogP contribution >= 0.6 is 11.3 Å². The summed E-state index contributed by atoms with van der Waals surface area (Å²) in [6, 6.07) is 24.2. The van der Waals surface area contributed by atoms with Crippen LogP contribution in [0.25, 0.3) is 0 Å². The molecule has 4 rings (SSSR count). The summed E-state index contributed by atoms with van der Waals surface area (Å²) in [6.07, 6.45) is 1.81. The molecule has 168 valence electrons. The van der Waals surface area contributed by atoms with Crippen molar-refractivity contribution < 1.29 is 14.0 Å². The second-order valence-corrected chi connectivity index (χ2v) is 8.91. The maximum atomic E-state index is 13.5. The van der Waals surface area contributed by atoms with E-state index in [2.05, 4.69) is 5.32 Å². The highest BCUT2D eigenvalue weighted by Crippen LogP contribution is 2.26. The molecule has 5 nitrogen and oxygen atoms in total. The third kappa shape index (κ3) is 5.99. The molecule has 0 unspecified atom stereocenters. The molecule has 0 aliphatic carbocycles. The van der Waals surface area contributed by atoms with E-state index in [0.717, 1.165) is 21.6 Å². The van der Waals surface area contributed by atoms with E-state index >= 15 is 0 Å². The molecular formula is C27H26N2O3S. The Bertz CT molecular complexity index is 1150. The Labute approximate surface area is 197 Å². The smallest absolute Gasteiger partial charge is 0.247 e. The van der Waals surface area contributed by atoms with E-state index in [4.69, 9.17) is 4.42 Å². The summed E-state index contributed by atoms with van der Waals surface area (Å²) in [5, 5.41) is 4.97. The van der Waals surface area contributed by atoms with E-state index in [1.807, 2.05) is 85.1 Å². The number of thiophene rings is 1. The molecular weight excluding hydrogens is 432 g/mol. The van der Waals surface area contributed by atoms with Crippen LogP contribution < -0.4 is 5.32 Å². The average Bonchev–Trinajstić information content (AvgIpc) is 3.53. The predicted octanol–water partition coefficient (Wildman–Crippen LogP) is 5.28. The maximum absolute atomic E-state index is 13.5. The first-order valence-corrected chi connectivity index (χ1v) is 11.7. The summed E-state index contributed by atoms with van der Waals surface area (Å²) in [6.45, 7) is 2.58. The molecule has 2 aromatic heterocycles. The van der Waals surface area contributed by atoms with Gasteiger partial charge in [-0.2, -0.15) is 0 Å². The van der Waals surface area contributed by atoms with Gasteiger partial charge in [-0.05, 0) is 41.6 Å². The van der Waals surface area contributed by atoms with Gasteiger partial charge in [0.2, 0.25) is 11.8 Å². The molecule has 4 aromatic rings. The van der Waals surface area contributed by atoms with Gasteiger partial charge in [0.05, 0.1) is 19.2 Å². The number of furan rings is 1. The van der Waals surface area contributed by atoms with E-state index in [9.17, 15) is 9.59 Å². The van der Waals surface area contributed by atoms with Crippen LogP contribution in [0.1, 0.15) is 33.4 Å². The third-order valence-corrected chi connectivity index (χ3v) is 6.27. The fourth-order valence-corrected chi connectivity index (χ4v) is 4.36. The molecule has 2 heterocycles. The van der Waals surface area contributed by atoms with Crippen LogP contribution in [0.15, 0.2) is 94.9 Å². The first-order chi connectivity index (χ1) is 16.1. The number of carbonyl (C=O) groups excluding carboxylic acids is 2. The number of hydrogen-bond acceptors (Lipinski definition) is 4. The number of hydrogen-bond donors (Lipinski definition) is 1. The Kier molecular flexibility index (Phi) is 7.37. The number of benzene rings is 2. The van der Waals surface area contributed by atoms with Crippen molar-refractivity contribution in [3.05, 3.63) is 118 Å². The van der Waals surface area contributed by atoms with Gasteiger partial charge in [-0.3, -0.25) is 9.59 Å². The lowest BCUT2D eigenvalue weighted by Gasteiger charge is -2.31. The van der Waals surface area contributed by atoms with E-state index in [-0.39, 0.29) is 24.8 Å². The predicted molar refractivity (Wildman–Crippen MR) is 129 cm³/mol. The fraction of sp³-hybridized carbons (Fsp3) is 0.185. The van der Waals surface area contributed by atoms with E-state index in [1.54, 1.807) is 17.2 Å². The number of amides is 2. The van der Waals surface area contributed by atoms with Crippen molar-refractivity contribution in [2.75, 3.05) is 0 Å². The SMILES string of the molecule is Cc1ccc([C@@H](C(=O)NCc2ccccc2)N(Cc2ccco2)C(=O)Cc2cccs2)cc1. The molecule has 0 saturated heterocycles. The number of nitrogens with one attached hydrogen (secondary N) is 1. The molecule has 0 spiro atoms. The van der Waals surface area contributed by atoms with Gasteiger partial charge in [-0.25, -0.2) is 0 Å². The minimum Gasteiger partial charge on any atom is -0.467 e. The molecule has 0 aliphatic rings. The van der Waals surface area contributed by atoms with Crippen molar-refractivity contribution >= 4 is 23.2 Å². The molecule has 0 saturated carbocycles. The third-order valence-electron chi connectivity index (χ3n) is 5.39. The van der Waals surface area contributed by atoms with E-state index in [1.165, 1.54) is 11.3 Å². The average molecular weight is 459 g/mol. The van der Waals surface area contributed by atoms with Gasteiger partial charge in [0.15, 0.2) is 0 Å². The highest BCUT2D eigenvalue weighted by atomic mass is 32.1. The number of aryl methyl sites for hydroxylation is 1. The Morgan fingerprint density at radius 1 is 0.970 bits per heavy atom. The Morgan fingerprint density at radius 3 is 2.42 bits per heavy atom. The Hall–Kier alpha value is -3.64. The lowest BCUT2D eigenvalue weighted by Crippen LogP contribution is -2.43. The van der Waals surface area contributed by atoms with Crippen LogP contribution in [0.5, 0.6) is 0 Å². The maximum Gasteiger partial charge on any atom is 0.247 e. The van der Waals surface area contributed by atoms with Gasteiger partial charge in [-0.15, -0.1) is 11.3 Å². The van der Waals surface area contributed by atoms with Crippen molar-refractivity contribution in [3.63, 3.8) is 0 Å². The molecule has 2 aromatic carbocycles. The van der Waals surface area contributed by atoms with Crippen molar-refractivity contribution in [1.82, 2.24) is 10.2 Å². The first kappa shape index (κ1) is 22.6. The van der Waals surface area contributed by atoms with Crippen molar-refractivity contribution in [3.8, 4) is 0 Å². The molecule has 2 amide bonds. The summed E-state index contributed by atoms with van der Waals surface area (Å²) in [7, 11) is 0. The van der Waals surface area contributed by atoms with Crippen LogP contribution in [0, 0.1) is 6.92 Å². The normalized spacial score (nSPS) is 11.7. The van der Waals surface area contributed by atoms with Crippen LogP contribution in [-0.4, -0.2) is 16.7 Å². The number of nitrogens with zero attached hydrogens (tertiary/aromatic N) is 1. The zero-order valence-corrected chi connectivity index (χ0v) is 19.3. The number of rotatable bonds is 9. The second kappa shape index (κ2) is 10.8. The Morgan fingerprint density at radius 2 is 1.76 bits per heavy atom. The fourth-order valence-electron chi connectivity index (χ4n) is 3.66. The first-order valence-electron chi connectivity index (χ1n) is 10.8. The monoisotopic (exact) mass is 458 g/mol. The van der Waals surface area contributed by atoms with Gasteiger partial charge in [0.25, 0.3) is 0 Å². The summed E-state index contributed by atoms with van der Waals surface area (Å²) < 4.78 is 5.54. The summed E-state index contributed by atoms with van der Waals surface area (Å²) in [4.78, 5) is 29.6. The summed E-state index contributed by atoms with van der Waals surface area (Å²) in [5.74, 6) is 0.269. The molecule has 0 radical (unpaired) electrons. The Balaban J connectivity index is 1.65. The summed E-state index contributed by atoms with van der Waals surface area (Å²) >= 11 is 1.53. The van der Waals surface area contributed by atoms with Crippen molar-refractivity contribution in [2.45, 2.75) is 32.5 Å². The molecule has 0 fully saturated rings. The minimum atomic E-state index is -0.785. The highest BCUT2D eigenvalue weighted by molar-refractivity contribution is 7.10. The molecule has 33 heavy (non-hydrogen) atoms.